The summed E-state index contributed by atoms with van der Waals surface area (Å²) in [6, 6.07) is 6.61. The molecule has 3 rings (SSSR count). The van der Waals surface area contributed by atoms with Gasteiger partial charge in [0.25, 0.3) is 5.91 Å². The van der Waals surface area contributed by atoms with Crippen molar-refractivity contribution in [1.29, 1.82) is 0 Å². The van der Waals surface area contributed by atoms with Crippen molar-refractivity contribution < 1.29 is 23.5 Å². The van der Waals surface area contributed by atoms with Crippen LogP contribution >= 0.6 is 0 Å². The van der Waals surface area contributed by atoms with Gasteiger partial charge in [0, 0.05) is 12.3 Å². The molecule has 0 radical (unpaired) electrons. The number of imide groups is 1. The van der Waals surface area contributed by atoms with E-state index in [1.54, 1.807) is 25.1 Å². The van der Waals surface area contributed by atoms with Gasteiger partial charge in [-0.1, -0.05) is 60.6 Å². The van der Waals surface area contributed by atoms with Crippen LogP contribution in [0.25, 0.3) is 0 Å². The number of carbonyl (C=O) groups excluding carboxylic acids is 3. The molecule has 2 aliphatic heterocycles. The summed E-state index contributed by atoms with van der Waals surface area (Å²) < 4.78 is 12.9. The van der Waals surface area contributed by atoms with E-state index >= 15 is 0 Å². The molecule has 1 unspecified atom stereocenters. The van der Waals surface area contributed by atoms with E-state index in [1.165, 1.54) is 4.90 Å². The third kappa shape index (κ3) is 4.33. The average molecular weight is 503 g/mol. The van der Waals surface area contributed by atoms with Gasteiger partial charge in [0.1, 0.15) is 5.75 Å². The highest BCUT2D eigenvalue weighted by molar-refractivity contribution is 6.48. The van der Waals surface area contributed by atoms with Crippen LogP contribution in [-0.4, -0.2) is 49.0 Å². The van der Waals surface area contributed by atoms with E-state index in [1.807, 2.05) is 33.8 Å². The lowest BCUT2D eigenvalue weighted by atomic mass is 9.62. The Morgan fingerprint density at radius 2 is 1.77 bits per heavy atom. The lowest BCUT2D eigenvalue weighted by Gasteiger charge is -2.56. The van der Waals surface area contributed by atoms with Crippen LogP contribution in [0.3, 0.4) is 0 Å². The van der Waals surface area contributed by atoms with Gasteiger partial charge in [0.2, 0.25) is 11.8 Å². The molecule has 2 aliphatic rings. The summed E-state index contributed by atoms with van der Waals surface area (Å²) in [6.07, 6.45) is 0.450. The Morgan fingerprint density at radius 3 is 2.26 bits per heavy atom. The molecule has 35 heavy (non-hydrogen) atoms. The molecule has 0 aromatic heterocycles. The number of rotatable bonds is 7. The van der Waals surface area contributed by atoms with Gasteiger partial charge in [0.15, 0.2) is 14.8 Å². The summed E-state index contributed by atoms with van der Waals surface area (Å²) in [5.41, 5.74) is -1.80. The monoisotopic (exact) mass is 502 g/mol. The fourth-order valence-corrected chi connectivity index (χ4v) is 7.02. The molecule has 1 aromatic carbocycles. The number of carbonyl (C=O) groups is 3. The van der Waals surface area contributed by atoms with Gasteiger partial charge in [-0.25, -0.2) is 4.90 Å². The fourth-order valence-electron chi connectivity index (χ4n) is 5.54. The molecular formula is C27H42N2O5Si. The number of benzene rings is 1. The predicted molar refractivity (Wildman–Crippen MR) is 139 cm³/mol. The largest absolute Gasteiger partial charge is 0.466 e. The second-order valence-corrected chi connectivity index (χ2v) is 14.1. The minimum Gasteiger partial charge on any atom is -0.466 e. The minimum atomic E-state index is -1.51. The molecule has 0 saturated carbocycles. The number of hydrogen-bond donors (Lipinski definition) is 1. The molecule has 3 amide bonds. The molecule has 8 heteroatoms. The molecule has 1 fully saturated rings. The number of amides is 3. The van der Waals surface area contributed by atoms with Crippen LogP contribution in [0, 0.1) is 23.2 Å². The van der Waals surface area contributed by atoms with Crippen molar-refractivity contribution in [3.05, 3.63) is 29.8 Å². The first-order chi connectivity index (χ1) is 16.1. The van der Waals surface area contributed by atoms with Gasteiger partial charge in [-0.3, -0.25) is 14.4 Å². The van der Waals surface area contributed by atoms with E-state index in [0.717, 1.165) is 0 Å². The fraction of sp³-hybridized carbons (Fsp3) is 0.667. The molecular weight excluding hydrogens is 460 g/mol. The Balaban J connectivity index is 2.02. The van der Waals surface area contributed by atoms with Gasteiger partial charge in [-0.2, -0.15) is 0 Å². The van der Waals surface area contributed by atoms with Gasteiger partial charge in [-0.05, 0) is 37.6 Å². The van der Waals surface area contributed by atoms with Crippen LogP contribution in [0.1, 0.15) is 72.2 Å². The zero-order chi connectivity index (χ0) is 26.5. The summed E-state index contributed by atoms with van der Waals surface area (Å²) >= 11 is 0. The maximum atomic E-state index is 14.1. The van der Waals surface area contributed by atoms with E-state index in [0.29, 0.717) is 17.7 Å². The summed E-state index contributed by atoms with van der Waals surface area (Å²) in [5, 5.41) is 2.97. The molecule has 1 saturated heterocycles. The molecule has 0 spiro atoms. The lowest BCUT2D eigenvalue weighted by Crippen LogP contribution is -2.74. The molecule has 2 heterocycles. The third-order valence-corrected chi connectivity index (χ3v) is 9.02. The van der Waals surface area contributed by atoms with Crippen LogP contribution in [0.5, 0.6) is 5.75 Å². The van der Waals surface area contributed by atoms with Crippen molar-refractivity contribution in [3.8, 4) is 5.75 Å². The smallest absolute Gasteiger partial charge is 0.267 e. The van der Waals surface area contributed by atoms with Crippen molar-refractivity contribution in [3.63, 3.8) is 0 Å². The molecule has 1 aromatic rings. The highest BCUT2D eigenvalue weighted by atomic mass is 28.3. The Hall–Kier alpha value is -2.19. The van der Waals surface area contributed by atoms with Gasteiger partial charge < -0.3 is 14.5 Å². The van der Waals surface area contributed by atoms with Crippen LogP contribution in [-0.2, 0) is 14.0 Å². The van der Waals surface area contributed by atoms with Crippen molar-refractivity contribution in [2.24, 2.45) is 23.2 Å². The first kappa shape index (κ1) is 27.4. The third-order valence-electron chi connectivity index (χ3n) is 8.06. The SMILES string of the molecule is CCC1(C(C)C)Oc2ccccc2C(=O)N1C(=O)[C@H](C)[C@H]1NC(=O)[C@@H]1[C@@](C)(O[SiH](C)C)C(C)(C)C. The first-order valence-electron chi connectivity index (χ1n) is 12.8. The van der Waals surface area contributed by atoms with Crippen LogP contribution in [0.15, 0.2) is 24.3 Å². The van der Waals surface area contributed by atoms with Gasteiger partial charge >= 0.3 is 0 Å². The Morgan fingerprint density at radius 1 is 1.17 bits per heavy atom. The van der Waals surface area contributed by atoms with Gasteiger partial charge in [-0.15, -0.1) is 0 Å². The summed E-state index contributed by atoms with van der Waals surface area (Å²) in [6.45, 7) is 20.0. The summed E-state index contributed by atoms with van der Waals surface area (Å²) in [7, 11) is -1.51. The Bertz CT molecular complexity index is 1000. The number of fused-ring (bicyclic) bond motifs is 1. The number of ether oxygens (including phenoxy) is 1. The molecule has 0 bridgehead atoms. The summed E-state index contributed by atoms with van der Waals surface area (Å²) in [5.74, 6) is -1.59. The molecule has 5 atom stereocenters. The first-order valence-corrected chi connectivity index (χ1v) is 15.5. The van der Waals surface area contributed by atoms with Crippen molar-refractivity contribution >= 4 is 26.8 Å². The van der Waals surface area contributed by atoms with E-state index in [9.17, 15) is 14.4 Å². The van der Waals surface area contributed by atoms with Crippen LogP contribution in [0.2, 0.25) is 13.1 Å². The maximum Gasteiger partial charge on any atom is 0.267 e. The highest BCUT2D eigenvalue weighted by Gasteiger charge is 2.61. The molecule has 7 nitrogen and oxygen atoms in total. The van der Waals surface area contributed by atoms with Gasteiger partial charge in [0.05, 0.1) is 29.0 Å². The van der Waals surface area contributed by atoms with E-state index in [4.69, 9.17) is 9.16 Å². The van der Waals surface area contributed by atoms with Crippen molar-refractivity contribution in [2.45, 2.75) is 92.3 Å². The number of nitrogens with one attached hydrogen (secondary N) is 1. The highest BCUT2D eigenvalue weighted by Crippen LogP contribution is 2.47. The molecule has 0 aliphatic carbocycles. The standard InChI is InChI=1S/C27H42N2O5Si/c1-11-27(16(2)3)29(24(32)18-14-12-13-15-19(18)33-27)23(31)17(4)21-20(22(30)28-21)26(8,25(5,6)7)34-35(9)10/h12-17,20-21,35H,11H2,1-10H3,(H,28,30)/t17-,20-,21-,26-,27?/m1/s1. The number of nitrogens with zero attached hydrogens (tertiary/aromatic N) is 1. The predicted octanol–water partition coefficient (Wildman–Crippen LogP) is 4.37. The Kier molecular flexibility index (Phi) is 7.32. The second-order valence-electron chi connectivity index (χ2n) is 11.8. The second kappa shape index (κ2) is 9.35. The van der Waals surface area contributed by atoms with E-state index in [2.05, 4.69) is 39.2 Å². The molecule has 194 valence electrons. The normalized spacial score (nSPS) is 27.0. The number of hydrogen-bond acceptors (Lipinski definition) is 5. The van der Waals surface area contributed by atoms with Crippen molar-refractivity contribution in [2.75, 3.05) is 0 Å². The van der Waals surface area contributed by atoms with Crippen LogP contribution in [0.4, 0.5) is 0 Å². The quantitative estimate of drug-likeness (QED) is 0.442. The average Bonchev–Trinajstić information content (AvgIpc) is 2.74. The summed E-state index contributed by atoms with van der Waals surface area (Å²) in [4.78, 5) is 42.1. The zero-order valence-corrected chi connectivity index (χ0v) is 24.0. The minimum absolute atomic E-state index is 0.112. The lowest BCUT2D eigenvalue weighted by molar-refractivity contribution is -0.172. The number of β-lactam (4-membered cyclic amide) rings is 1. The Labute approximate surface area is 211 Å². The van der Waals surface area contributed by atoms with E-state index < -0.39 is 38.2 Å². The molecule has 1 N–H and O–H groups in total. The zero-order valence-electron chi connectivity index (χ0n) is 22.9. The maximum absolute atomic E-state index is 14.1. The van der Waals surface area contributed by atoms with Crippen molar-refractivity contribution in [1.82, 2.24) is 10.2 Å². The van der Waals surface area contributed by atoms with E-state index in [-0.39, 0.29) is 29.1 Å². The number of para-hydroxylation sites is 1. The van der Waals surface area contributed by atoms with Crippen LogP contribution < -0.4 is 10.1 Å². The topological polar surface area (TPSA) is 84.9 Å².